The van der Waals surface area contributed by atoms with Gasteiger partial charge in [0.15, 0.2) is 5.82 Å². The number of hydrogen-bond acceptors (Lipinski definition) is 5. The number of amides is 1. The Hall–Kier alpha value is -2.57. The lowest BCUT2D eigenvalue weighted by atomic mass is 10.2. The number of hydrogen-bond donors (Lipinski definition) is 1. The highest BCUT2D eigenvalue weighted by atomic mass is 16.5. The molecule has 1 aromatic carbocycles. The van der Waals surface area contributed by atoms with Crippen molar-refractivity contribution in [1.82, 2.24) is 20.1 Å². The molecule has 1 N–H and O–H groups in total. The van der Waals surface area contributed by atoms with Gasteiger partial charge in [-0.05, 0) is 25.0 Å². The quantitative estimate of drug-likeness (QED) is 0.906. The van der Waals surface area contributed by atoms with Crippen LogP contribution in [0.25, 0.3) is 0 Å². The minimum atomic E-state index is -0.196. The smallest absolute Gasteiger partial charge is 0.251 e. The maximum atomic E-state index is 12.4. The monoisotopic (exact) mass is 330 g/mol. The number of rotatable bonds is 5. The molecular weight excluding hydrogens is 308 g/mol. The number of methoxy groups -OCH3 is 2. The van der Waals surface area contributed by atoms with Crippen LogP contribution in [0.4, 0.5) is 0 Å². The first-order chi connectivity index (χ1) is 11.7. The van der Waals surface area contributed by atoms with Gasteiger partial charge in [-0.3, -0.25) is 4.79 Å². The van der Waals surface area contributed by atoms with E-state index < -0.39 is 0 Å². The first-order valence-electron chi connectivity index (χ1n) is 8.13. The SMILES string of the molecule is COc1cc(OC)cc(C(=O)NCc2nnc3n2CCCCC3)c1. The topological polar surface area (TPSA) is 78.3 Å². The maximum absolute atomic E-state index is 12.4. The number of carbonyl (C=O) groups is 1. The minimum absolute atomic E-state index is 0.196. The normalized spacial score (nSPS) is 13.8. The molecule has 0 saturated carbocycles. The molecule has 0 aliphatic carbocycles. The van der Waals surface area contributed by atoms with Gasteiger partial charge in [0.05, 0.1) is 20.8 Å². The van der Waals surface area contributed by atoms with Crippen molar-refractivity contribution in [2.45, 2.75) is 38.8 Å². The maximum Gasteiger partial charge on any atom is 0.251 e. The predicted molar refractivity (Wildman–Crippen MR) is 88.3 cm³/mol. The zero-order valence-electron chi connectivity index (χ0n) is 14.0. The molecule has 24 heavy (non-hydrogen) atoms. The molecule has 1 amide bonds. The number of fused-ring (bicyclic) bond motifs is 1. The van der Waals surface area contributed by atoms with Crippen LogP contribution >= 0.6 is 0 Å². The molecule has 1 aliphatic rings. The molecule has 0 radical (unpaired) electrons. The highest BCUT2D eigenvalue weighted by Gasteiger charge is 2.16. The van der Waals surface area contributed by atoms with E-state index in [1.165, 1.54) is 6.42 Å². The largest absolute Gasteiger partial charge is 0.497 e. The van der Waals surface area contributed by atoms with Crippen molar-refractivity contribution in [2.24, 2.45) is 0 Å². The van der Waals surface area contributed by atoms with Crippen molar-refractivity contribution < 1.29 is 14.3 Å². The fourth-order valence-electron chi connectivity index (χ4n) is 2.88. The summed E-state index contributed by atoms with van der Waals surface area (Å²) in [5, 5.41) is 11.4. The van der Waals surface area contributed by atoms with E-state index in [0.717, 1.165) is 37.5 Å². The standard InChI is InChI=1S/C17H22N4O3/c1-23-13-8-12(9-14(10-13)24-2)17(22)18-11-16-20-19-15-6-4-3-5-7-21(15)16/h8-10H,3-7,11H2,1-2H3,(H,18,22). The number of carbonyl (C=O) groups excluding carboxylic acids is 1. The Kier molecular flexibility index (Phi) is 4.98. The second kappa shape index (κ2) is 7.33. The first-order valence-corrected chi connectivity index (χ1v) is 8.13. The van der Waals surface area contributed by atoms with Gasteiger partial charge in [0.1, 0.15) is 17.3 Å². The van der Waals surface area contributed by atoms with E-state index in [2.05, 4.69) is 20.1 Å². The van der Waals surface area contributed by atoms with E-state index in [0.29, 0.717) is 23.6 Å². The van der Waals surface area contributed by atoms with Crippen LogP contribution in [0.5, 0.6) is 11.5 Å². The molecule has 1 aromatic heterocycles. The summed E-state index contributed by atoms with van der Waals surface area (Å²) < 4.78 is 12.5. The molecule has 2 heterocycles. The summed E-state index contributed by atoms with van der Waals surface area (Å²) >= 11 is 0. The summed E-state index contributed by atoms with van der Waals surface area (Å²) in [6.45, 7) is 1.27. The summed E-state index contributed by atoms with van der Waals surface area (Å²) in [6, 6.07) is 5.10. The van der Waals surface area contributed by atoms with E-state index in [9.17, 15) is 4.79 Å². The van der Waals surface area contributed by atoms with Gasteiger partial charge in [-0.1, -0.05) is 6.42 Å². The van der Waals surface area contributed by atoms with E-state index >= 15 is 0 Å². The van der Waals surface area contributed by atoms with Gasteiger partial charge in [0.25, 0.3) is 5.91 Å². The van der Waals surface area contributed by atoms with E-state index in [-0.39, 0.29) is 5.91 Å². The molecule has 0 unspecified atom stereocenters. The fourth-order valence-corrected chi connectivity index (χ4v) is 2.88. The Morgan fingerprint density at radius 3 is 2.58 bits per heavy atom. The second-order valence-corrected chi connectivity index (χ2v) is 5.78. The number of aryl methyl sites for hydroxylation is 1. The Labute approximate surface area is 141 Å². The summed E-state index contributed by atoms with van der Waals surface area (Å²) in [5.41, 5.74) is 0.488. The van der Waals surface area contributed by atoms with Crippen LogP contribution in [0.15, 0.2) is 18.2 Å². The third-order valence-electron chi connectivity index (χ3n) is 4.21. The molecule has 0 spiro atoms. The van der Waals surface area contributed by atoms with Gasteiger partial charge in [-0.25, -0.2) is 0 Å². The molecule has 0 bridgehead atoms. The van der Waals surface area contributed by atoms with Gasteiger partial charge in [-0.15, -0.1) is 10.2 Å². The molecule has 0 saturated heterocycles. The van der Waals surface area contributed by atoms with Crippen LogP contribution in [0.3, 0.4) is 0 Å². The van der Waals surface area contributed by atoms with E-state index in [4.69, 9.17) is 9.47 Å². The lowest BCUT2D eigenvalue weighted by Gasteiger charge is -2.10. The van der Waals surface area contributed by atoms with Crippen LogP contribution < -0.4 is 14.8 Å². The molecular formula is C17H22N4O3. The first kappa shape index (κ1) is 16.3. The highest BCUT2D eigenvalue weighted by molar-refractivity contribution is 5.95. The molecule has 0 atom stereocenters. The number of aromatic nitrogens is 3. The molecule has 7 heteroatoms. The van der Waals surface area contributed by atoms with Crippen LogP contribution in [0.1, 0.15) is 41.3 Å². The average Bonchev–Trinajstić information content (AvgIpc) is 2.85. The van der Waals surface area contributed by atoms with Crippen molar-refractivity contribution in [3.63, 3.8) is 0 Å². The fraction of sp³-hybridized carbons (Fsp3) is 0.471. The minimum Gasteiger partial charge on any atom is -0.497 e. The zero-order valence-corrected chi connectivity index (χ0v) is 14.0. The van der Waals surface area contributed by atoms with Crippen LogP contribution in [0, 0.1) is 0 Å². The third kappa shape index (κ3) is 3.50. The number of nitrogens with one attached hydrogen (secondary N) is 1. The molecule has 128 valence electrons. The van der Waals surface area contributed by atoms with Crippen molar-refractivity contribution in [2.75, 3.05) is 14.2 Å². The van der Waals surface area contributed by atoms with Gasteiger partial charge < -0.3 is 19.4 Å². The predicted octanol–water partition coefficient (Wildman–Crippen LogP) is 1.95. The second-order valence-electron chi connectivity index (χ2n) is 5.78. The van der Waals surface area contributed by atoms with Gasteiger partial charge in [0, 0.05) is 24.6 Å². The van der Waals surface area contributed by atoms with E-state index in [1.54, 1.807) is 32.4 Å². The van der Waals surface area contributed by atoms with Crippen LogP contribution in [-0.4, -0.2) is 34.9 Å². The third-order valence-corrected chi connectivity index (χ3v) is 4.21. The Balaban J connectivity index is 1.71. The Bertz CT molecular complexity index is 704. The molecule has 3 rings (SSSR count). The number of ether oxygens (including phenoxy) is 2. The van der Waals surface area contributed by atoms with Crippen molar-refractivity contribution >= 4 is 5.91 Å². The Morgan fingerprint density at radius 2 is 1.88 bits per heavy atom. The van der Waals surface area contributed by atoms with Crippen LogP contribution in [-0.2, 0) is 19.5 Å². The molecule has 0 fully saturated rings. The Morgan fingerprint density at radius 1 is 1.12 bits per heavy atom. The van der Waals surface area contributed by atoms with Gasteiger partial charge in [0.2, 0.25) is 0 Å². The van der Waals surface area contributed by atoms with Crippen molar-refractivity contribution in [1.29, 1.82) is 0 Å². The summed E-state index contributed by atoms with van der Waals surface area (Å²) in [5.74, 6) is 2.78. The number of benzene rings is 1. The van der Waals surface area contributed by atoms with Gasteiger partial charge >= 0.3 is 0 Å². The molecule has 1 aliphatic heterocycles. The summed E-state index contributed by atoms with van der Waals surface area (Å²) in [4.78, 5) is 12.4. The average molecular weight is 330 g/mol. The summed E-state index contributed by atoms with van der Waals surface area (Å²) in [7, 11) is 3.11. The highest BCUT2D eigenvalue weighted by Crippen LogP contribution is 2.22. The lowest BCUT2D eigenvalue weighted by Crippen LogP contribution is -2.25. The van der Waals surface area contributed by atoms with Crippen LogP contribution in [0.2, 0.25) is 0 Å². The summed E-state index contributed by atoms with van der Waals surface area (Å²) in [6.07, 6.45) is 4.43. The lowest BCUT2D eigenvalue weighted by molar-refractivity contribution is 0.0948. The van der Waals surface area contributed by atoms with E-state index in [1.807, 2.05) is 0 Å². The van der Waals surface area contributed by atoms with Gasteiger partial charge in [-0.2, -0.15) is 0 Å². The van der Waals surface area contributed by atoms with Crippen molar-refractivity contribution in [3.8, 4) is 11.5 Å². The number of nitrogens with zero attached hydrogens (tertiary/aromatic N) is 3. The molecule has 7 nitrogen and oxygen atoms in total. The molecule has 2 aromatic rings. The van der Waals surface area contributed by atoms with Crippen molar-refractivity contribution in [3.05, 3.63) is 35.4 Å². The zero-order chi connectivity index (χ0) is 16.9.